The number of nitrogens with one attached hydrogen (secondary N) is 2. The van der Waals surface area contributed by atoms with Crippen LogP contribution in [-0.2, 0) is 0 Å². The molecule has 0 radical (unpaired) electrons. The molecule has 28 heavy (non-hydrogen) atoms. The number of anilines is 1. The van der Waals surface area contributed by atoms with Gasteiger partial charge in [-0.3, -0.25) is 9.59 Å². The average molecular weight is 378 g/mol. The standard InChI is InChI=1S/C22H19FN2O3/c23-17-10-12-18(13-11-17)28-15-14-24-22(27)19-8-4-5-9-20(19)25-21(26)16-6-2-1-3-7-16/h1-13H,14-15H2,(H,24,27)(H,25,26). The number of halogens is 1. The number of benzene rings is 3. The highest BCUT2D eigenvalue weighted by atomic mass is 19.1. The second-order valence-electron chi connectivity index (χ2n) is 5.92. The zero-order valence-corrected chi connectivity index (χ0v) is 15.0. The number of para-hydroxylation sites is 1. The molecule has 3 aromatic rings. The lowest BCUT2D eigenvalue weighted by Crippen LogP contribution is -2.29. The van der Waals surface area contributed by atoms with Crippen molar-refractivity contribution in [1.29, 1.82) is 0 Å². The van der Waals surface area contributed by atoms with E-state index in [-0.39, 0.29) is 30.8 Å². The number of ether oxygens (including phenoxy) is 1. The van der Waals surface area contributed by atoms with E-state index in [1.54, 1.807) is 48.5 Å². The Bertz CT molecular complexity index is 944. The molecule has 0 atom stereocenters. The number of hydrogen-bond donors (Lipinski definition) is 2. The molecule has 2 amide bonds. The van der Waals surface area contributed by atoms with E-state index >= 15 is 0 Å². The van der Waals surface area contributed by atoms with Crippen molar-refractivity contribution in [2.24, 2.45) is 0 Å². The quantitative estimate of drug-likeness (QED) is 0.613. The van der Waals surface area contributed by atoms with Gasteiger partial charge >= 0.3 is 0 Å². The molecule has 0 aliphatic rings. The van der Waals surface area contributed by atoms with Crippen LogP contribution in [0.1, 0.15) is 20.7 Å². The SMILES string of the molecule is O=C(Nc1ccccc1C(=O)NCCOc1ccc(F)cc1)c1ccccc1. The van der Waals surface area contributed by atoms with Crippen LogP contribution in [0.2, 0.25) is 0 Å². The van der Waals surface area contributed by atoms with Crippen LogP contribution < -0.4 is 15.4 Å². The molecule has 0 fully saturated rings. The summed E-state index contributed by atoms with van der Waals surface area (Å²) in [4.78, 5) is 24.8. The van der Waals surface area contributed by atoms with Gasteiger partial charge in [-0.25, -0.2) is 4.39 Å². The number of hydrogen-bond acceptors (Lipinski definition) is 3. The minimum atomic E-state index is -0.338. The van der Waals surface area contributed by atoms with E-state index in [0.29, 0.717) is 22.6 Å². The van der Waals surface area contributed by atoms with Crippen LogP contribution in [0, 0.1) is 5.82 Å². The zero-order valence-electron chi connectivity index (χ0n) is 15.0. The fourth-order valence-electron chi connectivity index (χ4n) is 2.53. The molecular weight excluding hydrogens is 359 g/mol. The van der Waals surface area contributed by atoms with Crippen molar-refractivity contribution in [1.82, 2.24) is 5.32 Å². The summed E-state index contributed by atoms with van der Waals surface area (Å²) in [5, 5.41) is 5.51. The van der Waals surface area contributed by atoms with Crippen molar-refractivity contribution >= 4 is 17.5 Å². The van der Waals surface area contributed by atoms with Crippen molar-refractivity contribution in [3.8, 4) is 5.75 Å². The topological polar surface area (TPSA) is 67.4 Å². The Hall–Kier alpha value is -3.67. The van der Waals surface area contributed by atoms with Crippen LogP contribution in [0.3, 0.4) is 0 Å². The van der Waals surface area contributed by atoms with Crippen molar-refractivity contribution in [2.45, 2.75) is 0 Å². The van der Waals surface area contributed by atoms with E-state index in [1.807, 2.05) is 6.07 Å². The Kier molecular flexibility index (Phi) is 6.36. The van der Waals surface area contributed by atoms with Gasteiger partial charge in [-0.15, -0.1) is 0 Å². The maximum Gasteiger partial charge on any atom is 0.255 e. The minimum absolute atomic E-state index is 0.232. The third-order valence-electron chi connectivity index (χ3n) is 3.93. The molecule has 0 spiro atoms. The number of carbonyl (C=O) groups is 2. The number of amides is 2. The van der Waals surface area contributed by atoms with Gasteiger partial charge in [-0.05, 0) is 48.5 Å². The monoisotopic (exact) mass is 378 g/mol. The van der Waals surface area contributed by atoms with E-state index in [9.17, 15) is 14.0 Å². The summed E-state index contributed by atoms with van der Waals surface area (Å²) >= 11 is 0. The minimum Gasteiger partial charge on any atom is -0.492 e. The van der Waals surface area contributed by atoms with Crippen LogP contribution in [-0.4, -0.2) is 25.0 Å². The van der Waals surface area contributed by atoms with Gasteiger partial charge in [0.25, 0.3) is 11.8 Å². The first-order valence-electron chi connectivity index (χ1n) is 8.75. The first-order valence-corrected chi connectivity index (χ1v) is 8.75. The summed E-state index contributed by atoms with van der Waals surface area (Å²) in [6.07, 6.45) is 0. The molecule has 0 aliphatic carbocycles. The maximum absolute atomic E-state index is 12.9. The smallest absolute Gasteiger partial charge is 0.255 e. The number of rotatable bonds is 7. The lowest BCUT2D eigenvalue weighted by atomic mass is 10.1. The average Bonchev–Trinajstić information content (AvgIpc) is 2.73. The Balaban J connectivity index is 1.56. The van der Waals surface area contributed by atoms with Gasteiger partial charge in [0.2, 0.25) is 0 Å². The third kappa shape index (κ3) is 5.17. The molecule has 6 heteroatoms. The highest BCUT2D eigenvalue weighted by molar-refractivity contribution is 6.08. The molecule has 0 unspecified atom stereocenters. The lowest BCUT2D eigenvalue weighted by molar-refractivity contribution is 0.0948. The predicted octanol–water partition coefficient (Wildman–Crippen LogP) is 3.89. The van der Waals surface area contributed by atoms with E-state index in [1.165, 1.54) is 24.3 Å². The van der Waals surface area contributed by atoms with E-state index in [0.717, 1.165) is 0 Å². The van der Waals surface area contributed by atoms with Gasteiger partial charge in [0.1, 0.15) is 18.2 Å². The lowest BCUT2D eigenvalue weighted by Gasteiger charge is -2.12. The van der Waals surface area contributed by atoms with Crippen LogP contribution in [0.25, 0.3) is 0 Å². The number of carbonyl (C=O) groups excluding carboxylic acids is 2. The molecule has 5 nitrogen and oxygen atoms in total. The first kappa shape index (κ1) is 19.1. The summed E-state index contributed by atoms with van der Waals surface area (Å²) < 4.78 is 18.3. The second-order valence-corrected chi connectivity index (χ2v) is 5.92. The molecule has 0 aliphatic heterocycles. The molecule has 142 valence electrons. The zero-order chi connectivity index (χ0) is 19.8. The van der Waals surface area contributed by atoms with Gasteiger partial charge in [-0.1, -0.05) is 30.3 Å². The summed E-state index contributed by atoms with van der Waals surface area (Å²) in [5.74, 6) is -0.437. The van der Waals surface area contributed by atoms with Crippen LogP contribution in [0.15, 0.2) is 78.9 Å². The fourth-order valence-corrected chi connectivity index (χ4v) is 2.53. The highest BCUT2D eigenvalue weighted by Crippen LogP contribution is 2.16. The Morgan fingerprint density at radius 2 is 1.50 bits per heavy atom. The summed E-state index contributed by atoms with van der Waals surface area (Å²) in [6.45, 7) is 0.493. The fraction of sp³-hybridized carbons (Fsp3) is 0.0909. The molecule has 0 aromatic heterocycles. The van der Waals surface area contributed by atoms with Gasteiger partial charge < -0.3 is 15.4 Å². The first-order chi connectivity index (χ1) is 13.6. The molecule has 0 saturated carbocycles. The third-order valence-corrected chi connectivity index (χ3v) is 3.93. The molecular formula is C22H19FN2O3. The van der Waals surface area contributed by atoms with Gasteiger partial charge in [0.05, 0.1) is 17.8 Å². The van der Waals surface area contributed by atoms with E-state index < -0.39 is 0 Å². The van der Waals surface area contributed by atoms with Gasteiger partial charge in [-0.2, -0.15) is 0 Å². The Labute approximate surface area is 162 Å². The van der Waals surface area contributed by atoms with E-state index in [4.69, 9.17) is 4.74 Å². The summed E-state index contributed by atoms with van der Waals surface area (Å²) in [6, 6.07) is 21.2. The second kappa shape index (κ2) is 9.32. The van der Waals surface area contributed by atoms with E-state index in [2.05, 4.69) is 10.6 Å². The van der Waals surface area contributed by atoms with Gasteiger partial charge in [0.15, 0.2) is 0 Å². The van der Waals surface area contributed by atoms with Crippen LogP contribution in [0.5, 0.6) is 5.75 Å². The van der Waals surface area contributed by atoms with Crippen molar-refractivity contribution in [2.75, 3.05) is 18.5 Å². The highest BCUT2D eigenvalue weighted by Gasteiger charge is 2.13. The summed E-state index contributed by atoms with van der Waals surface area (Å²) in [5.41, 5.74) is 1.28. The largest absolute Gasteiger partial charge is 0.492 e. The molecule has 0 heterocycles. The van der Waals surface area contributed by atoms with Crippen molar-refractivity contribution in [3.63, 3.8) is 0 Å². The summed E-state index contributed by atoms with van der Waals surface area (Å²) in [7, 11) is 0. The Morgan fingerprint density at radius 1 is 0.821 bits per heavy atom. The Morgan fingerprint density at radius 3 is 2.25 bits per heavy atom. The van der Waals surface area contributed by atoms with Gasteiger partial charge in [0, 0.05) is 5.56 Å². The molecule has 3 rings (SSSR count). The van der Waals surface area contributed by atoms with Crippen LogP contribution >= 0.6 is 0 Å². The molecule has 0 saturated heterocycles. The van der Waals surface area contributed by atoms with Crippen molar-refractivity contribution in [3.05, 3.63) is 95.8 Å². The molecule has 0 bridgehead atoms. The predicted molar refractivity (Wildman–Crippen MR) is 105 cm³/mol. The van der Waals surface area contributed by atoms with Crippen LogP contribution in [0.4, 0.5) is 10.1 Å². The maximum atomic E-state index is 12.9. The molecule has 3 aromatic carbocycles. The normalized spacial score (nSPS) is 10.2. The molecule has 2 N–H and O–H groups in total. The van der Waals surface area contributed by atoms with Crippen molar-refractivity contribution < 1.29 is 18.7 Å².